The quantitative estimate of drug-likeness (QED) is 0.688. The first-order valence-electron chi connectivity index (χ1n) is 6.55. The minimum atomic E-state index is -0.515. The Morgan fingerprint density at radius 3 is 2.55 bits per heavy atom. The van der Waals surface area contributed by atoms with Crippen LogP contribution in [0.15, 0.2) is 48.5 Å². The van der Waals surface area contributed by atoms with Crippen molar-refractivity contribution in [3.63, 3.8) is 0 Å². The summed E-state index contributed by atoms with van der Waals surface area (Å²) < 4.78 is 14.8. The molecule has 0 fully saturated rings. The van der Waals surface area contributed by atoms with E-state index in [1.165, 1.54) is 29.8 Å². The van der Waals surface area contributed by atoms with Crippen molar-refractivity contribution in [3.8, 4) is 16.9 Å². The van der Waals surface area contributed by atoms with Crippen molar-refractivity contribution in [2.45, 2.75) is 6.92 Å². The van der Waals surface area contributed by atoms with Crippen LogP contribution in [0, 0.1) is 5.82 Å². The van der Waals surface area contributed by atoms with Gasteiger partial charge in [0.15, 0.2) is 11.5 Å². The van der Waals surface area contributed by atoms with E-state index in [0.29, 0.717) is 11.4 Å². The molecular weight excluding hydrogens is 305 g/mol. The van der Waals surface area contributed by atoms with E-state index in [1.807, 2.05) is 30.3 Å². The molecular formula is C16H11ClFN3O. The van der Waals surface area contributed by atoms with Crippen LogP contribution < -0.4 is 0 Å². The Morgan fingerprint density at radius 2 is 1.91 bits per heavy atom. The van der Waals surface area contributed by atoms with Crippen molar-refractivity contribution >= 4 is 17.4 Å². The molecule has 1 heterocycles. The molecule has 0 atom stereocenters. The average Bonchev–Trinajstić information content (AvgIpc) is 2.96. The number of halogens is 2. The molecule has 2 aromatic carbocycles. The maximum Gasteiger partial charge on any atom is 0.182 e. The second-order valence-corrected chi connectivity index (χ2v) is 5.13. The van der Waals surface area contributed by atoms with E-state index in [9.17, 15) is 9.18 Å². The van der Waals surface area contributed by atoms with Gasteiger partial charge < -0.3 is 0 Å². The zero-order valence-electron chi connectivity index (χ0n) is 11.6. The van der Waals surface area contributed by atoms with Gasteiger partial charge >= 0.3 is 0 Å². The first-order valence-corrected chi connectivity index (χ1v) is 6.93. The van der Waals surface area contributed by atoms with Gasteiger partial charge in [-0.2, -0.15) is 0 Å². The molecule has 1 aromatic heterocycles. The smallest absolute Gasteiger partial charge is 0.182 e. The van der Waals surface area contributed by atoms with E-state index in [1.54, 1.807) is 0 Å². The fraction of sp³-hybridized carbons (Fsp3) is 0.0625. The number of hydrogen-bond acceptors (Lipinski definition) is 3. The van der Waals surface area contributed by atoms with Gasteiger partial charge in [0.1, 0.15) is 11.5 Å². The first-order chi connectivity index (χ1) is 10.6. The highest BCUT2D eigenvalue weighted by Crippen LogP contribution is 2.27. The van der Waals surface area contributed by atoms with Gasteiger partial charge in [-0.1, -0.05) is 47.1 Å². The molecule has 0 saturated heterocycles. The lowest BCUT2D eigenvalue weighted by Crippen LogP contribution is -2.02. The summed E-state index contributed by atoms with van der Waals surface area (Å²) in [5, 5.41) is 7.95. The molecule has 0 saturated carbocycles. The van der Waals surface area contributed by atoms with Gasteiger partial charge in [-0.05, 0) is 18.2 Å². The van der Waals surface area contributed by atoms with Crippen molar-refractivity contribution in [2.24, 2.45) is 0 Å². The van der Waals surface area contributed by atoms with Gasteiger partial charge in [-0.25, -0.2) is 9.07 Å². The Kier molecular flexibility index (Phi) is 3.73. The monoisotopic (exact) mass is 315 g/mol. The van der Waals surface area contributed by atoms with Crippen molar-refractivity contribution in [1.29, 1.82) is 0 Å². The van der Waals surface area contributed by atoms with E-state index in [4.69, 9.17) is 11.6 Å². The van der Waals surface area contributed by atoms with Gasteiger partial charge in [0, 0.05) is 12.5 Å². The lowest BCUT2D eigenvalue weighted by atomic mass is 10.1. The normalized spacial score (nSPS) is 10.7. The number of hydrogen-bond donors (Lipinski definition) is 0. The van der Waals surface area contributed by atoms with E-state index >= 15 is 0 Å². The predicted octanol–water partition coefficient (Wildman–Crippen LogP) is 3.93. The van der Waals surface area contributed by atoms with Crippen LogP contribution in [0.5, 0.6) is 0 Å². The van der Waals surface area contributed by atoms with Crippen LogP contribution in [0.4, 0.5) is 4.39 Å². The van der Waals surface area contributed by atoms with Crippen molar-refractivity contribution < 1.29 is 9.18 Å². The number of nitrogens with zero attached hydrogens (tertiary/aromatic N) is 3. The van der Waals surface area contributed by atoms with Crippen LogP contribution in [0.2, 0.25) is 5.02 Å². The Labute approximate surface area is 131 Å². The Morgan fingerprint density at radius 1 is 1.18 bits per heavy atom. The number of ketones is 1. The molecule has 110 valence electrons. The summed E-state index contributed by atoms with van der Waals surface area (Å²) in [5.41, 5.74) is 2.13. The zero-order chi connectivity index (χ0) is 15.7. The van der Waals surface area contributed by atoms with Gasteiger partial charge in [-0.3, -0.25) is 4.79 Å². The summed E-state index contributed by atoms with van der Waals surface area (Å²) in [4.78, 5) is 11.8. The third-order valence-corrected chi connectivity index (χ3v) is 3.49. The van der Waals surface area contributed by atoms with Gasteiger partial charge in [0.2, 0.25) is 0 Å². The van der Waals surface area contributed by atoms with Crippen molar-refractivity contribution in [1.82, 2.24) is 15.0 Å². The maximum absolute atomic E-state index is 13.3. The lowest BCUT2D eigenvalue weighted by Gasteiger charge is -2.08. The fourth-order valence-corrected chi connectivity index (χ4v) is 2.35. The minimum Gasteiger partial charge on any atom is -0.293 e. The number of Topliss-reactive ketones (excluding diaryl/α,β-unsaturated/α-hetero) is 1. The summed E-state index contributed by atoms with van der Waals surface area (Å²) >= 11 is 5.83. The summed E-state index contributed by atoms with van der Waals surface area (Å²) in [5.74, 6) is -0.711. The summed E-state index contributed by atoms with van der Waals surface area (Å²) in [6.45, 7) is 1.43. The third kappa shape index (κ3) is 2.51. The number of benzene rings is 2. The standard InChI is InChI=1S/C16H11ClFN3O/c1-10(22)15-16(11-5-3-2-4-6-11)21(20-19-15)12-7-8-14(18)13(17)9-12/h2-9H,1H3. The van der Waals surface area contributed by atoms with Crippen LogP contribution in [-0.4, -0.2) is 20.8 Å². The van der Waals surface area contributed by atoms with E-state index in [-0.39, 0.29) is 16.5 Å². The number of aromatic nitrogens is 3. The lowest BCUT2D eigenvalue weighted by molar-refractivity contribution is 0.101. The van der Waals surface area contributed by atoms with E-state index in [0.717, 1.165) is 5.56 Å². The van der Waals surface area contributed by atoms with Crippen LogP contribution in [0.1, 0.15) is 17.4 Å². The molecule has 6 heteroatoms. The summed E-state index contributed by atoms with van der Waals surface area (Å²) in [6.07, 6.45) is 0. The Hall–Kier alpha value is -2.53. The molecule has 0 aliphatic heterocycles. The molecule has 0 aliphatic rings. The topological polar surface area (TPSA) is 47.8 Å². The van der Waals surface area contributed by atoms with Crippen LogP contribution >= 0.6 is 11.6 Å². The molecule has 0 unspecified atom stereocenters. The largest absolute Gasteiger partial charge is 0.293 e. The molecule has 0 amide bonds. The van der Waals surface area contributed by atoms with Crippen molar-refractivity contribution in [3.05, 3.63) is 65.1 Å². The highest BCUT2D eigenvalue weighted by molar-refractivity contribution is 6.30. The zero-order valence-corrected chi connectivity index (χ0v) is 12.4. The SMILES string of the molecule is CC(=O)c1nnn(-c2ccc(F)c(Cl)c2)c1-c1ccccc1. The van der Waals surface area contributed by atoms with E-state index < -0.39 is 5.82 Å². The third-order valence-electron chi connectivity index (χ3n) is 3.20. The summed E-state index contributed by atoms with van der Waals surface area (Å²) in [6, 6.07) is 13.5. The van der Waals surface area contributed by atoms with Crippen LogP contribution in [0.3, 0.4) is 0 Å². The molecule has 0 aliphatic carbocycles. The molecule has 0 spiro atoms. The van der Waals surface area contributed by atoms with Crippen LogP contribution in [-0.2, 0) is 0 Å². The summed E-state index contributed by atoms with van der Waals surface area (Å²) in [7, 11) is 0. The Bertz CT molecular complexity index is 846. The highest BCUT2D eigenvalue weighted by Gasteiger charge is 2.19. The number of rotatable bonds is 3. The second kappa shape index (κ2) is 5.69. The predicted molar refractivity (Wildman–Crippen MR) is 81.8 cm³/mol. The first kappa shape index (κ1) is 14.4. The molecule has 0 radical (unpaired) electrons. The molecule has 3 rings (SSSR count). The van der Waals surface area contributed by atoms with Gasteiger partial charge in [0.05, 0.1) is 10.7 Å². The van der Waals surface area contributed by atoms with Crippen LogP contribution in [0.25, 0.3) is 16.9 Å². The van der Waals surface area contributed by atoms with Gasteiger partial charge in [-0.15, -0.1) is 5.10 Å². The average molecular weight is 316 g/mol. The molecule has 4 nitrogen and oxygen atoms in total. The molecule has 0 N–H and O–H groups in total. The second-order valence-electron chi connectivity index (χ2n) is 4.72. The fourth-order valence-electron chi connectivity index (χ4n) is 2.17. The maximum atomic E-state index is 13.3. The Balaban J connectivity index is 2.24. The molecule has 22 heavy (non-hydrogen) atoms. The van der Waals surface area contributed by atoms with Crippen molar-refractivity contribution in [2.75, 3.05) is 0 Å². The number of carbonyl (C=O) groups is 1. The number of carbonyl (C=O) groups excluding carboxylic acids is 1. The van der Waals surface area contributed by atoms with E-state index in [2.05, 4.69) is 10.3 Å². The molecule has 3 aromatic rings. The minimum absolute atomic E-state index is 0.0172. The molecule has 0 bridgehead atoms. The highest BCUT2D eigenvalue weighted by atomic mass is 35.5. The van der Waals surface area contributed by atoms with Gasteiger partial charge in [0.25, 0.3) is 0 Å².